The van der Waals surface area contributed by atoms with Gasteiger partial charge in [-0.1, -0.05) is 12.1 Å². The summed E-state index contributed by atoms with van der Waals surface area (Å²) in [5, 5.41) is 5.88. The molecule has 2 aromatic heterocycles. The zero-order valence-electron chi connectivity index (χ0n) is 16.8. The molecule has 0 aliphatic heterocycles. The maximum absolute atomic E-state index is 14.6. The number of halogens is 3. The quantitative estimate of drug-likeness (QED) is 0.267. The minimum absolute atomic E-state index is 0.0277. The number of fused-ring (bicyclic) bond motifs is 1. The third-order valence-electron chi connectivity index (χ3n) is 4.77. The molecule has 4 rings (SSSR count). The van der Waals surface area contributed by atoms with Gasteiger partial charge in [0.15, 0.2) is 11.6 Å². The van der Waals surface area contributed by atoms with Crippen LogP contribution in [0.1, 0.15) is 12.0 Å². The van der Waals surface area contributed by atoms with Gasteiger partial charge in [-0.2, -0.15) is 4.98 Å². The molecule has 0 amide bonds. The van der Waals surface area contributed by atoms with Crippen LogP contribution in [0.15, 0.2) is 41.3 Å². The van der Waals surface area contributed by atoms with Crippen molar-refractivity contribution in [1.82, 2.24) is 25.3 Å². The van der Waals surface area contributed by atoms with Crippen LogP contribution in [0.3, 0.4) is 0 Å². The lowest BCUT2D eigenvalue weighted by Crippen LogP contribution is -2.18. The van der Waals surface area contributed by atoms with E-state index >= 15 is 0 Å². The van der Waals surface area contributed by atoms with Crippen LogP contribution in [0.5, 0.6) is 0 Å². The van der Waals surface area contributed by atoms with E-state index in [0.29, 0.717) is 13.1 Å². The molecule has 0 aliphatic carbocycles. The maximum atomic E-state index is 14.6. The van der Waals surface area contributed by atoms with Crippen molar-refractivity contribution in [2.75, 3.05) is 18.4 Å². The highest BCUT2D eigenvalue weighted by atomic mass is 19.2. The number of aromatic amines is 2. The Balaban J connectivity index is 1.51. The lowest BCUT2D eigenvalue weighted by molar-refractivity contribution is 0.510. The second-order valence-electron chi connectivity index (χ2n) is 7.09. The van der Waals surface area contributed by atoms with Crippen LogP contribution in [0.25, 0.3) is 22.2 Å². The smallest absolute Gasteiger partial charge is 0.282 e. The molecular weight excluding hydrogens is 423 g/mol. The van der Waals surface area contributed by atoms with Crippen molar-refractivity contribution in [3.63, 3.8) is 0 Å². The van der Waals surface area contributed by atoms with Crippen molar-refractivity contribution >= 4 is 22.9 Å². The van der Waals surface area contributed by atoms with Gasteiger partial charge < -0.3 is 21.0 Å². The van der Waals surface area contributed by atoms with Crippen LogP contribution >= 0.6 is 0 Å². The van der Waals surface area contributed by atoms with Gasteiger partial charge in [0, 0.05) is 30.4 Å². The zero-order chi connectivity index (χ0) is 22.7. The molecule has 166 valence electrons. The molecule has 0 unspecified atom stereocenters. The summed E-state index contributed by atoms with van der Waals surface area (Å²) in [6.07, 6.45) is 2.15. The fourth-order valence-corrected chi connectivity index (χ4v) is 3.18. The van der Waals surface area contributed by atoms with Crippen molar-refractivity contribution < 1.29 is 13.2 Å². The highest BCUT2D eigenvalue weighted by molar-refractivity contribution is 5.78. The Morgan fingerprint density at radius 3 is 2.53 bits per heavy atom. The van der Waals surface area contributed by atoms with Crippen molar-refractivity contribution in [2.24, 2.45) is 5.73 Å². The van der Waals surface area contributed by atoms with Gasteiger partial charge in [-0.3, -0.25) is 10.1 Å². The molecule has 2 heterocycles. The Hall–Kier alpha value is -3.70. The number of H-pyrrole nitrogens is 2. The van der Waals surface area contributed by atoms with Crippen LogP contribution in [0, 0.1) is 17.5 Å². The minimum atomic E-state index is -1.02. The molecule has 6 N–H and O–H groups in total. The number of hydrogen-bond donors (Lipinski definition) is 5. The maximum Gasteiger partial charge on any atom is 0.282 e. The zero-order valence-corrected chi connectivity index (χ0v) is 16.8. The Labute approximate surface area is 180 Å². The average molecular weight is 443 g/mol. The second-order valence-corrected chi connectivity index (χ2v) is 7.09. The van der Waals surface area contributed by atoms with Crippen LogP contribution in [-0.2, 0) is 6.54 Å². The topological polar surface area (TPSA) is 125 Å². The number of hydrogen-bond acceptors (Lipinski definition) is 6. The number of anilines is 2. The van der Waals surface area contributed by atoms with Crippen LogP contribution < -0.4 is 21.9 Å². The van der Waals surface area contributed by atoms with Gasteiger partial charge in [-0.15, -0.1) is 0 Å². The molecule has 11 heteroatoms. The third-order valence-corrected chi connectivity index (χ3v) is 4.77. The van der Waals surface area contributed by atoms with E-state index in [-0.39, 0.29) is 34.1 Å². The summed E-state index contributed by atoms with van der Waals surface area (Å²) >= 11 is 0. The number of imidazole rings is 1. The first-order valence-corrected chi connectivity index (χ1v) is 9.85. The number of nitrogens with zero attached hydrogens (tertiary/aromatic N) is 2. The second kappa shape index (κ2) is 9.20. The highest BCUT2D eigenvalue weighted by Crippen LogP contribution is 2.22. The summed E-state index contributed by atoms with van der Waals surface area (Å²) in [5.74, 6) is -2.43. The number of nitrogens with two attached hydrogens (primary N) is 1. The molecule has 0 saturated carbocycles. The first kappa shape index (κ1) is 21.5. The molecule has 2 aromatic carbocycles. The van der Waals surface area contributed by atoms with E-state index < -0.39 is 23.0 Å². The summed E-state index contributed by atoms with van der Waals surface area (Å²) in [4.78, 5) is 25.9. The SMILES string of the molecule is NCCCNCc1ccc(-c2c[nH]c(Nc3nc4cc(F)c(F)cc4[nH]3)nc2=O)c(F)c1. The van der Waals surface area contributed by atoms with Gasteiger partial charge >= 0.3 is 0 Å². The molecule has 0 atom stereocenters. The van der Waals surface area contributed by atoms with Crippen molar-refractivity contribution in [2.45, 2.75) is 13.0 Å². The fourth-order valence-electron chi connectivity index (χ4n) is 3.18. The molecule has 0 radical (unpaired) electrons. The van der Waals surface area contributed by atoms with Gasteiger partial charge in [0.25, 0.3) is 5.56 Å². The Kier molecular flexibility index (Phi) is 6.19. The summed E-state index contributed by atoms with van der Waals surface area (Å²) < 4.78 is 41.3. The van der Waals surface area contributed by atoms with E-state index in [4.69, 9.17) is 5.73 Å². The summed E-state index contributed by atoms with van der Waals surface area (Å²) in [7, 11) is 0. The molecule has 0 aliphatic rings. The van der Waals surface area contributed by atoms with E-state index in [0.717, 1.165) is 30.7 Å². The predicted molar refractivity (Wildman–Crippen MR) is 115 cm³/mol. The lowest BCUT2D eigenvalue weighted by atomic mass is 10.1. The van der Waals surface area contributed by atoms with E-state index in [1.807, 2.05) is 0 Å². The number of nitrogens with one attached hydrogen (secondary N) is 4. The first-order chi connectivity index (χ1) is 15.4. The van der Waals surface area contributed by atoms with Gasteiger partial charge in [0.1, 0.15) is 5.82 Å². The van der Waals surface area contributed by atoms with Gasteiger partial charge in [-0.05, 0) is 31.1 Å². The van der Waals surface area contributed by atoms with Crippen molar-refractivity contribution in [1.29, 1.82) is 0 Å². The first-order valence-electron chi connectivity index (χ1n) is 9.85. The van der Waals surface area contributed by atoms with Gasteiger partial charge in [0.05, 0.1) is 16.6 Å². The van der Waals surface area contributed by atoms with Gasteiger partial charge in [-0.25, -0.2) is 18.2 Å². The van der Waals surface area contributed by atoms with Crippen LogP contribution in [-0.4, -0.2) is 33.0 Å². The summed E-state index contributed by atoms with van der Waals surface area (Å²) in [5.41, 5.74) is 6.16. The van der Waals surface area contributed by atoms with Gasteiger partial charge in [0.2, 0.25) is 11.9 Å². The Morgan fingerprint density at radius 1 is 0.969 bits per heavy atom. The fraction of sp³-hybridized carbons (Fsp3) is 0.190. The van der Waals surface area contributed by atoms with Crippen LogP contribution in [0.4, 0.5) is 25.1 Å². The van der Waals surface area contributed by atoms with E-state index in [9.17, 15) is 18.0 Å². The number of benzene rings is 2. The van der Waals surface area contributed by atoms with Crippen molar-refractivity contribution in [3.05, 3.63) is 69.9 Å². The molecule has 4 aromatic rings. The third kappa shape index (κ3) is 4.63. The largest absolute Gasteiger partial charge is 0.331 e. The van der Waals surface area contributed by atoms with E-state index in [1.54, 1.807) is 6.07 Å². The van der Waals surface area contributed by atoms with E-state index in [2.05, 4.69) is 30.6 Å². The molecule has 0 saturated heterocycles. The molecule has 8 nitrogen and oxygen atoms in total. The monoisotopic (exact) mass is 443 g/mol. The molecule has 0 spiro atoms. The van der Waals surface area contributed by atoms with E-state index in [1.165, 1.54) is 18.3 Å². The lowest BCUT2D eigenvalue weighted by Gasteiger charge is -2.08. The number of rotatable bonds is 8. The Morgan fingerprint density at radius 2 is 1.78 bits per heavy atom. The number of aromatic nitrogens is 4. The predicted octanol–water partition coefficient (Wildman–Crippen LogP) is 2.91. The Bertz CT molecular complexity index is 1280. The summed E-state index contributed by atoms with van der Waals surface area (Å²) in [6.45, 7) is 1.79. The summed E-state index contributed by atoms with van der Waals surface area (Å²) in [6, 6.07) is 6.54. The van der Waals surface area contributed by atoms with Crippen molar-refractivity contribution in [3.8, 4) is 11.1 Å². The van der Waals surface area contributed by atoms with Crippen LogP contribution in [0.2, 0.25) is 0 Å². The standard InChI is InChI=1S/C21H20F3N7O/c22-14-6-11(9-26-5-1-4-25)2-3-12(14)13-10-27-20(30-19(13)32)31-21-28-17-7-15(23)16(24)8-18(17)29-21/h2-3,6-8,10,26H,1,4-5,9,25H2,(H3,27,28,29,30,31,32). The normalized spacial score (nSPS) is 11.2. The molecule has 32 heavy (non-hydrogen) atoms. The minimum Gasteiger partial charge on any atom is -0.331 e. The average Bonchev–Trinajstić information content (AvgIpc) is 3.13. The molecular formula is C21H20F3N7O. The highest BCUT2D eigenvalue weighted by Gasteiger charge is 2.13. The molecule has 0 fully saturated rings. The molecule has 0 bridgehead atoms.